The summed E-state index contributed by atoms with van der Waals surface area (Å²) in [5.41, 5.74) is 1.86. The zero-order valence-corrected chi connectivity index (χ0v) is 21.3. The number of nitrogens with zero attached hydrogens (tertiary/aromatic N) is 1. The number of carbonyl (C=O) groups is 2. The van der Waals surface area contributed by atoms with Crippen molar-refractivity contribution in [3.05, 3.63) is 94.8 Å². The molecule has 0 amide bonds. The van der Waals surface area contributed by atoms with Gasteiger partial charge in [0.05, 0.1) is 10.6 Å². The lowest BCUT2D eigenvalue weighted by molar-refractivity contribution is -0.153. The maximum absolute atomic E-state index is 14.5. The third-order valence-corrected chi connectivity index (χ3v) is 7.87. The molecule has 1 N–H and O–H groups in total. The molecule has 9 nitrogen and oxygen atoms in total. The van der Waals surface area contributed by atoms with Crippen LogP contribution in [0, 0.1) is 5.82 Å². The SMILES string of the molecule is CCS(=O)(=O)c1cccc2c1CCN(OC(=O)OCc1ccccc1)C2c1cc(F)ccc1OCC(=O)O. The van der Waals surface area contributed by atoms with Crippen molar-refractivity contribution in [1.82, 2.24) is 5.06 Å². The molecule has 0 fully saturated rings. The second kappa shape index (κ2) is 11.6. The zero-order chi connectivity index (χ0) is 27.3. The third-order valence-electron chi connectivity index (χ3n) is 6.06. The van der Waals surface area contributed by atoms with Gasteiger partial charge in [0.1, 0.15) is 24.2 Å². The van der Waals surface area contributed by atoms with E-state index in [1.165, 1.54) is 24.1 Å². The van der Waals surface area contributed by atoms with Crippen LogP contribution in [-0.2, 0) is 37.2 Å². The van der Waals surface area contributed by atoms with E-state index < -0.39 is 40.4 Å². The summed E-state index contributed by atoms with van der Waals surface area (Å²) in [7, 11) is -3.60. The fourth-order valence-electron chi connectivity index (χ4n) is 4.32. The average molecular weight is 544 g/mol. The Morgan fingerprint density at radius 3 is 2.53 bits per heavy atom. The minimum atomic E-state index is -3.60. The normalized spacial score (nSPS) is 15.4. The maximum Gasteiger partial charge on any atom is 0.528 e. The van der Waals surface area contributed by atoms with Crippen LogP contribution in [0.25, 0.3) is 0 Å². The van der Waals surface area contributed by atoms with E-state index in [1.54, 1.807) is 36.4 Å². The first-order valence-electron chi connectivity index (χ1n) is 11.8. The number of hydrogen-bond donors (Lipinski definition) is 1. The Labute approximate surface area is 219 Å². The topological polar surface area (TPSA) is 119 Å². The van der Waals surface area contributed by atoms with Crippen molar-refractivity contribution in [1.29, 1.82) is 0 Å². The Kier molecular flexibility index (Phi) is 8.28. The van der Waals surface area contributed by atoms with Crippen LogP contribution < -0.4 is 4.74 Å². The molecule has 0 spiro atoms. The second-order valence-electron chi connectivity index (χ2n) is 8.50. The monoisotopic (exact) mass is 543 g/mol. The maximum atomic E-state index is 14.5. The Hall–Kier alpha value is -3.96. The van der Waals surface area contributed by atoms with Crippen molar-refractivity contribution in [2.24, 2.45) is 0 Å². The van der Waals surface area contributed by atoms with Gasteiger partial charge < -0.3 is 19.4 Å². The second-order valence-corrected chi connectivity index (χ2v) is 10.7. The molecule has 3 aromatic rings. The molecule has 4 rings (SSSR count). The molecule has 1 aliphatic heterocycles. The molecule has 11 heteroatoms. The van der Waals surface area contributed by atoms with E-state index in [0.717, 1.165) is 17.7 Å². The van der Waals surface area contributed by atoms with E-state index in [2.05, 4.69) is 0 Å². The van der Waals surface area contributed by atoms with Gasteiger partial charge in [-0.15, -0.1) is 5.06 Å². The van der Waals surface area contributed by atoms with Gasteiger partial charge >= 0.3 is 12.1 Å². The summed E-state index contributed by atoms with van der Waals surface area (Å²) in [6.45, 7) is 0.865. The molecule has 1 unspecified atom stereocenters. The van der Waals surface area contributed by atoms with Gasteiger partial charge in [-0.05, 0) is 47.4 Å². The minimum absolute atomic E-state index is 0.0411. The fourth-order valence-corrected chi connectivity index (χ4v) is 5.52. The molecular formula is C27H26FNO8S. The highest BCUT2D eigenvalue weighted by atomic mass is 32.2. The van der Waals surface area contributed by atoms with Crippen LogP contribution >= 0.6 is 0 Å². The smallest absolute Gasteiger partial charge is 0.482 e. The summed E-state index contributed by atoms with van der Waals surface area (Å²) >= 11 is 0. The van der Waals surface area contributed by atoms with E-state index >= 15 is 0 Å². The zero-order valence-electron chi connectivity index (χ0n) is 20.5. The van der Waals surface area contributed by atoms with Crippen molar-refractivity contribution < 1.29 is 41.8 Å². The third kappa shape index (κ3) is 6.12. The number of fused-ring (bicyclic) bond motifs is 1. The number of hydrogen-bond acceptors (Lipinski definition) is 8. The minimum Gasteiger partial charge on any atom is -0.482 e. The van der Waals surface area contributed by atoms with Crippen molar-refractivity contribution in [2.75, 3.05) is 18.9 Å². The lowest BCUT2D eigenvalue weighted by Gasteiger charge is -2.36. The highest BCUT2D eigenvalue weighted by molar-refractivity contribution is 7.91. The van der Waals surface area contributed by atoms with Crippen LogP contribution in [0.3, 0.4) is 0 Å². The van der Waals surface area contributed by atoms with Crippen LogP contribution in [0.4, 0.5) is 9.18 Å². The molecule has 0 aliphatic carbocycles. The molecular weight excluding hydrogens is 517 g/mol. The molecule has 0 radical (unpaired) electrons. The van der Waals surface area contributed by atoms with E-state index in [9.17, 15) is 22.4 Å². The molecule has 0 bridgehead atoms. The number of carbonyl (C=O) groups excluding carboxylic acids is 1. The van der Waals surface area contributed by atoms with E-state index in [1.807, 2.05) is 6.07 Å². The molecule has 0 saturated heterocycles. The lowest BCUT2D eigenvalue weighted by atomic mass is 9.89. The molecule has 1 heterocycles. The van der Waals surface area contributed by atoms with Gasteiger partial charge in [-0.1, -0.05) is 49.4 Å². The predicted molar refractivity (Wildman–Crippen MR) is 134 cm³/mol. The van der Waals surface area contributed by atoms with Gasteiger partial charge in [-0.3, -0.25) is 0 Å². The van der Waals surface area contributed by atoms with Crippen molar-refractivity contribution in [3.8, 4) is 5.75 Å². The standard InChI is InChI=1S/C27H26FNO8S/c1-2-38(33,34)24-10-6-9-21-20(24)13-14-29(37-27(32)36-16-18-7-4-3-5-8-18)26(21)22-15-19(28)11-12-23(22)35-17-25(30)31/h3-12,15,26H,2,13-14,16-17H2,1H3,(H,30,31). The van der Waals surface area contributed by atoms with Gasteiger partial charge in [0, 0.05) is 12.1 Å². The summed E-state index contributed by atoms with van der Waals surface area (Å²) in [6.07, 6.45) is -0.794. The van der Waals surface area contributed by atoms with E-state index in [0.29, 0.717) is 11.1 Å². The molecule has 3 aromatic carbocycles. The molecule has 1 aliphatic rings. The predicted octanol–water partition coefficient (Wildman–Crippen LogP) is 4.30. The highest BCUT2D eigenvalue weighted by Gasteiger charge is 2.37. The molecule has 38 heavy (non-hydrogen) atoms. The Bertz CT molecular complexity index is 1430. The number of hydroxylamine groups is 2. The van der Waals surface area contributed by atoms with Gasteiger partial charge in [-0.2, -0.15) is 0 Å². The van der Waals surface area contributed by atoms with Crippen LogP contribution in [0.2, 0.25) is 0 Å². The average Bonchev–Trinajstić information content (AvgIpc) is 2.91. The quantitative estimate of drug-likeness (QED) is 0.394. The molecule has 1 atom stereocenters. The summed E-state index contributed by atoms with van der Waals surface area (Å²) in [5, 5.41) is 10.4. The summed E-state index contributed by atoms with van der Waals surface area (Å²) in [5.74, 6) is -1.95. The van der Waals surface area contributed by atoms with E-state index in [4.69, 9.17) is 19.4 Å². The first-order valence-corrected chi connectivity index (χ1v) is 13.5. The number of rotatable bonds is 9. The number of halogens is 1. The van der Waals surface area contributed by atoms with Crippen LogP contribution in [0.1, 0.15) is 35.2 Å². The molecule has 200 valence electrons. The van der Waals surface area contributed by atoms with Gasteiger partial charge in [0.15, 0.2) is 16.4 Å². The van der Waals surface area contributed by atoms with Gasteiger partial charge in [-0.25, -0.2) is 22.4 Å². The van der Waals surface area contributed by atoms with Crippen molar-refractivity contribution >= 4 is 22.0 Å². The number of benzene rings is 3. The van der Waals surface area contributed by atoms with Crippen LogP contribution in [0.5, 0.6) is 5.75 Å². The van der Waals surface area contributed by atoms with Crippen molar-refractivity contribution in [2.45, 2.75) is 30.9 Å². The number of sulfone groups is 1. The number of aliphatic carboxylic acids is 1. The Morgan fingerprint density at radius 1 is 1.05 bits per heavy atom. The lowest BCUT2D eigenvalue weighted by Crippen LogP contribution is -2.39. The first kappa shape index (κ1) is 27.1. The number of ether oxygens (including phenoxy) is 2. The highest BCUT2D eigenvalue weighted by Crippen LogP contribution is 2.42. The number of carboxylic acids is 1. The number of carboxylic acid groups (broad SMARTS) is 1. The van der Waals surface area contributed by atoms with Crippen molar-refractivity contribution in [3.63, 3.8) is 0 Å². The van der Waals surface area contributed by atoms with Gasteiger partial charge in [0.25, 0.3) is 0 Å². The summed E-state index contributed by atoms with van der Waals surface area (Å²) < 4.78 is 50.8. The largest absolute Gasteiger partial charge is 0.528 e. The van der Waals surface area contributed by atoms with E-state index in [-0.39, 0.29) is 41.5 Å². The molecule has 0 aromatic heterocycles. The van der Waals surface area contributed by atoms with Crippen LogP contribution in [0.15, 0.2) is 71.6 Å². The summed E-state index contributed by atoms with van der Waals surface area (Å²) in [6, 6.07) is 16.2. The molecule has 0 saturated carbocycles. The Balaban J connectivity index is 1.74. The fraction of sp³-hybridized carbons (Fsp3) is 0.259. The summed E-state index contributed by atoms with van der Waals surface area (Å²) in [4.78, 5) is 29.5. The first-order chi connectivity index (χ1) is 18.2. The van der Waals surface area contributed by atoms with Gasteiger partial charge in [0.2, 0.25) is 0 Å². The Morgan fingerprint density at radius 2 is 1.82 bits per heavy atom. The van der Waals surface area contributed by atoms with Crippen LogP contribution in [-0.4, -0.2) is 49.6 Å².